The summed E-state index contributed by atoms with van der Waals surface area (Å²) >= 11 is 6.18. The van der Waals surface area contributed by atoms with Crippen LogP contribution in [0.1, 0.15) is 43.5 Å². The van der Waals surface area contributed by atoms with E-state index >= 15 is 0 Å². The average Bonchev–Trinajstić information content (AvgIpc) is 2.96. The van der Waals surface area contributed by atoms with Gasteiger partial charge >= 0.3 is 0 Å². The highest BCUT2D eigenvalue weighted by molar-refractivity contribution is 6.32. The third-order valence-corrected chi connectivity index (χ3v) is 4.42. The standard InChI is InChI=1S/C16H21ClN2O3/c1-10(2)22-15-12(17)8-11(9-18-15)16(20)19-6-7-21-14-5-3-4-13(14)19/h8-10,13-14H,3-7H2,1-2H3/t13-,14+/m0/s1. The van der Waals surface area contributed by atoms with Gasteiger partial charge in [0.25, 0.3) is 5.91 Å². The van der Waals surface area contributed by atoms with E-state index in [1.54, 1.807) is 12.3 Å². The molecular weight excluding hydrogens is 304 g/mol. The number of fused-ring (bicyclic) bond motifs is 1. The lowest BCUT2D eigenvalue weighted by molar-refractivity contribution is -0.0445. The quantitative estimate of drug-likeness (QED) is 0.858. The number of morpholine rings is 1. The molecule has 120 valence electrons. The summed E-state index contributed by atoms with van der Waals surface area (Å²) in [7, 11) is 0. The molecule has 0 spiro atoms. The second-order valence-corrected chi connectivity index (χ2v) is 6.49. The minimum absolute atomic E-state index is 0.00922. The highest BCUT2D eigenvalue weighted by Crippen LogP contribution is 2.31. The molecule has 5 nitrogen and oxygen atoms in total. The summed E-state index contributed by atoms with van der Waals surface area (Å²) in [4.78, 5) is 18.9. The molecule has 2 heterocycles. The SMILES string of the molecule is CC(C)Oc1ncc(C(=O)N2CCO[C@@H]3CCC[C@@H]32)cc1Cl. The van der Waals surface area contributed by atoms with E-state index < -0.39 is 0 Å². The number of aromatic nitrogens is 1. The van der Waals surface area contributed by atoms with Crippen LogP contribution in [0, 0.1) is 0 Å². The summed E-state index contributed by atoms with van der Waals surface area (Å²) in [6.07, 6.45) is 4.88. The molecule has 1 saturated heterocycles. The van der Waals surface area contributed by atoms with Crippen molar-refractivity contribution in [3.05, 3.63) is 22.8 Å². The van der Waals surface area contributed by atoms with Crippen LogP contribution in [-0.4, -0.2) is 47.2 Å². The van der Waals surface area contributed by atoms with Crippen LogP contribution in [-0.2, 0) is 4.74 Å². The zero-order valence-corrected chi connectivity index (χ0v) is 13.7. The van der Waals surface area contributed by atoms with E-state index in [1.807, 2.05) is 18.7 Å². The molecule has 0 unspecified atom stereocenters. The summed E-state index contributed by atoms with van der Waals surface area (Å²) in [5, 5.41) is 0.371. The number of nitrogens with zero attached hydrogens (tertiary/aromatic N) is 2. The molecule has 1 aromatic heterocycles. The highest BCUT2D eigenvalue weighted by Gasteiger charge is 2.38. The zero-order valence-electron chi connectivity index (χ0n) is 12.9. The van der Waals surface area contributed by atoms with Crippen molar-refractivity contribution in [3.8, 4) is 5.88 Å². The van der Waals surface area contributed by atoms with E-state index in [9.17, 15) is 4.79 Å². The molecule has 1 saturated carbocycles. The fraction of sp³-hybridized carbons (Fsp3) is 0.625. The van der Waals surface area contributed by atoms with E-state index in [4.69, 9.17) is 21.1 Å². The Hall–Kier alpha value is -1.33. The van der Waals surface area contributed by atoms with Gasteiger partial charge in [0.2, 0.25) is 5.88 Å². The molecule has 1 amide bonds. The first-order valence-electron chi connectivity index (χ1n) is 7.81. The summed E-state index contributed by atoms with van der Waals surface area (Å²) in [5.74, 6) is 0.347. The van der Waals surface area contributed by atoms with Crippen molar-refractivity contribution < 1.29 is 14.3 Å². The van der Waals surface area contributed by atoms with Crippen molar-refractivity contribution in [1.82, 2.24) is 9.88 Å². The number of halogens is 1. The second kappa shape index (κ2) is 6.42. The predicted octanol–water partition coefficient (Wildman–Crippen LogP) is 2.92. The van der Waals surface area contributed by atoms with Crippen molar-refractivity contribution in [2.45, 2.75) is 51.4 Å². The van der Waals surface area contributed by atoms with Gasteiger partial charge in [-0.05, 0) is 39.2 Å². The molecule has 0 radical (unpaired) electrons. The number of carbonyl (C=O) groups is 1. The van der Waals surface area contributed by atoms with E-state index in [0.717, 1.165) is 19.3 Å². The van der Waals surface area contributed by atoms with Crippen LogP contribution in [0.25, 0.3) is 0 Å². The van der Waals surface area contributed by atoms with Gasteiger partial charge in [-0.2, -0.15) is 0 Å². The lowest BCUT2D eigenvalue weighted by Crippen LogP contribution is -2.51. The Balaban J connectivity index is 1.78. The maximum absolute atomic E-state index is 12.8. The molecule has 0 bridgehead atoms. The largest absolute Gasteiger partial charge is 0.474 e. The molecule has 2 aliphatic rings. The van der Waals surface area contributed by atoms with Crippen LogP contribution in [0.15, 0.2) is 12.3 Å². The molecule has 1 aliphatic carbocycles. The Labute approximate surface area is 135 Å². The van der Waals surface area contributed by atoms with E-state index in [2.05, 4.69) is 4.98 Å². The van der Waals surface area contributed by atoms with Crippen molar-refractivity contribution in [2.24, 2.45) is 0 Å². The van der Waals surface area contributed by atoms with Gasteiger partial charge in [0.05, 0.1) is 30.4 Å². The Bertz CT molecular complexity index is 564. The number of amides is 1. The van der Waals surface area contributed by atoms with Gasteiger partial charge in [0.15, 0.2) is 0 Å². The van der Waals surface area contributed by atoms with Crippen LogP contribution in [0.2, 0.25) is 5.02 Å². The smallest absolute Gasteiger partial charge is 0.255 e. The maximum atomic E-state index is 12.8. The van der Waals surface area contributed by atoms with Gasteiger partial charge in [-0.1, -0.05) is 11.6 Å². The van der Waals surface area contributed by atoms with Gasteiger partial charge in [-0.15, -0.1) is 0 Å². The monoisotopic (exact) mass is 324 g/mol. The third-order valence-electron chi connectivity index (χ3n) is 4.14. The fourth-order valence-electron chi connectivity index (χ4n) is 3.20. The van der Waals surface area contributed by atoms with Crippen molar-refractivity contribution in [3.63, 3.8) is 0 Å². The Morgan fingerprint density at radius 2 is 2.32 bits per heavy atom. The molecule has 2 fully saturated rings. The van der Waals surface area contributed by atoms with Crippen LogP contribution < -0.4 is 4.74 Å². The first kappa shape index (κ1) is 15.6. The van der Waals surface area contributed by atoms with Crippen molar-refractivity contribution in [2.75, 3.05) is 13.2 Å². The molecule has 6 heteroatoms. The summed E-state index contributed by atoms with van der Waals surface area (Å²) in [5.41, 5.74) is 0.508. The number of carbonyl (C=O) groups excluding carboxylic acids is 1. The van der Waals surface area contributed by atoms with Crippen LogP contribution in [0.4, 0.5) is 0 Å². The van der Waals surface area contributed by atoms with Crippen LogP contribution in [0.5, 0.6) is 5.88 Å². The molecule has 1 aliphatic heterocycles. The summed E-state index contributed by atoms with van der Waals surface area (Å²) in [6, 6.07) is 1.83. The topological polar surface area (TPSA) is 51.7 Å². The van der Waals surface area contributed by atoms with Gasteiger partial charge < -0.3 is 14.4 Å². The van der Waals surface area contributed by atoms with Crippen molar-refractivity contribution in [1.29, 1.82) is 0 Å². The lowest BCUT2D eigenvalue weighted by Gasteiger charge is -2.37. The maximum Gasteiger partial charge on any atom is 0.255 e. The molecule has 3 rings (SSSR count). The zero-order chi connectivity index (χ0) is 15.7. The Morgan fingerprint density at radius 3 is 3.05 bits per heavy atom. The number of pyridine rings is 1. The normalized spacial score (nSPS) is 24.5. The number of ether oxygens (including phenoxy) is 2. The molecule has 2 atom stereocenters. The highest BCUT2D eigenvalue weighted by atomic mass is 35.5. The number of rotatable bonds is 3. The van der Waals surface area contributed by atoms with Crippen molar-refractivity contribution >= 4 is 17.5 Å². The fourth-order valence-corrected chi connectivity index (χ4v) is 3.41. The Morgan fingerprint density at radius 1 is 1.50 bits per heavy atom. The second-order valence-electron chi connectivity index (χ2n) is 6.08. The van der Waals surface area contributed by atoms with E-state index in [1.165, 1.54) is 0 Å². The Kier molecular flexibility index (Phi) is 4.54. The molecule has 22 heavy (non-hydrogen) atoms. The summed E-state index contributed by atoms with van der Waals surface area (Å²) in [6.45, 7) is 5.04. The number of hydrogen-bond donors (Lipinski definition) is 0. The van der Waals surface area contributed by atoms with Gasteiger partial charge in [0, 0.05) is 12.7 Å². The van der Waals surface area contributed by atoms with E-state index in [-0.39, 0.29) is 24.2 Å². The molecule has 1 aromatic rings. The first-order chi connectivity index (χ1) is 10.6. The molecule has 0 aromatic carbocycles. The minimum Gasteiger partial charge on any atom is -0.474 e. The predicted molar refractivity (Wildman–Crippen MR) is 83.4 cm³/mol. The van der Waals surface area contributed by atoms with Gasteiger partial charge in [0.1, 0.15) is 5.02 Å². The van der Waals surface area contributed by atoms with E-state index in [0.29, 0.717) is 29.6 Å². The van der Waals surface area contributed by atoms with Gasteiger partial charge in [-0.3, -0.25) is 4.79 Å². The molecule has 0 N–H and O–H groups in total. The average molecular weight is 325 g/mol. The third kappa shape index (κ3) is 3.06. The first-order valence-corrected chi connectivity index (χ1v) is 8.19. The molecular formula is C16H21ClN2O3. The number of hydrogen-bond acceptors (Lipinski definition) is 4. The van der Waals surface area contributed by atoms with Crippen LogP contribution >= 0.6 is 11.6 Å². The van der Waals surface area contributed by atoms with Gasteiger partial charge in [-0.25, -0.2) is 4.98 Å². The lowest BCUT2D eigenvalue weighted by atomic mass is 10.1. The minimum atomic E-state index is -0.0225. The summed E-state index contributed by atoms with van der Waals surface area (Å²) < 4.78 is 11.3. The van der Waals surface area contributed by atoms with Crippen LogP contribution in [0.3, 0.4) is 0 Å².